The van der Waals surface area contributed by atoms with E-state index >= 15 is 0 Å². The van der Waals surface area contributed by atoms with Crippen LogP contribution in [0, 0.1) is 0 Å². The summed E-state index contributed by atoms with van der Waals surface area (Å²) >= 11 is 5.71. The lowest BCUT2D eigenvalue weighted by molar-refractivity contribution is -0.274. The number of nitrogens with zero attached hydrogens (tertiary/aromatic N) is 3. The van der Waals surface area contributed by atoms with E-state index in [4.69, 9.17) is 16.3 Å². The molecule has 0 radical (unpaired) electrons. The Labute approximate surface area is 164 Å². The van der Waals surface area contributed by atoms with Gasteiger partial charge in [-0.15, -0.1) is 13.2 Å². The Kier molecular flexibility index (Phi) is 5.96. The highest BCUT2D eigenvalue weighted by molar-refractivity contribution is 7.89. The number of piperidine rings is 1. The number of hydrogen-bond acceptors (Lipinski definition) is 6. The highest BCUT2D eigenvalue weighted by Gasteiger charge is 2.33. The van der Waals surface area contributed by atoms with Gasteiger partial charge in [0.25, 0.3) is 0 Å². The zero-order chi connectivity index (χ0) is 20.4. The van der Waals surface area contributed by atoms with E-state index in [1.54, 1.807) is 0 Å². The van der Waals surface area contributed by atoms with E-state index in [2.05, 4.69) is 14.7 Å². The molecule has 2 heterocycles. The van der Waals surface area contributed by atoms with E-state index < -0.39 is 28.2 Å². The van der Waals surface area contributed by atoms with Gasteiger partial charge in [-0.3, -0.25) is 0 Å². The maximum absolute atomic E-state index is 12.8. The van der Waals surface area contributed by atoms with Crippen LogP contribution in [0.1, 0.15) is 12.8 Å². The molecule has 0 aliphatic carbocycles. The van der Waals surface area contributed by atoms with Crippen molar-refractivity contribution in [3.63, 3.8) is 0 Å². The van der Waals surface area contributed by atoms with Gasteiger partial charge in [-0.1, -0.05) is 11.6 Å². The summed E-state index contributed by atoms with van der Waals surface area (Å²) in [6, 6.07) is 4.15. The molecule has 1 aromatic heterocycles. The summed E-state index contributed by atoms with van der Waals surface area (Å²) < 4.78 is 72.8. The Bertz CT molecular complexity index is 908. The van der Waals surface area contributed by atoms with Crippen molar-refractivity contribution in [3.05, 3.63) is 41.7 Å². The van der Waals surface area contributed by atoms with Crippen LogP contribution in [0.2, 0.25) is 5.02 Å². The van der Waals surface area contributed by atoms with Gasteiger partial charge in [-0.25, -0.2) is 18.4 Å². The minimum atomic E-state index is -4.85. The molecule has 1 aliphatic heterocycles. The maximum Gasteiger partial charge on any atom is 0.573 e. The molecular weight excluding hydrogens is 423 g/mol. The number of ether oxygens (including phenoxy) is 2. The van der Waals surface area contributed by atoms with Crippen molar-refractivity contribution in [2.24, 2.45) is 0 Å². The summed E-state index contributed by atoms with van der Waals surface area (Å²) in [7, 11) is -3.90. The van der Waals surface area contributed by atoms with E-state index in [1.807, 2.05) is 0 Å². The average Bonchev–Trinajstić information content (AvgIpc) is 2.63. The van der Waals surface area contributed by atoms with Crippen molar-refractivity contribution < 1.29 is 31.1 Å². The molecule has 1 atom stereocenters. The summed E-state index contributed by atoms with van der Waals surface area (Å²) in [6.07, 6.45) is -1.42. The smallest absolute Gasteiger partial charge is 0.459 e. The van der Waals surface area contributed by atoms with Gasteiger partial charge < -0.3 is 9.47 Å². The van der Waals surface area contributed by atoms with Crippen molar-refractivity contribution in [3.8, 4) is 11.8 Å². The molecule has 2 aromatic rings. The van der Waals surface area contributed by atoms with Gasteiger partial charge in [0.15, 0.2) is 0 Å². The van der Waals surface area contributed by atoms with Crippen molar-refractivity contribution >= 4 is 21.6 Å². The molecular formula is C16H15ClF3N3O4S. The van der Waals surface area contributed by atoms with Crippen molar-refractivity contribution in [1.82, 2.24) is 14.3 Å². The Morgan fingerprint density at radius 2 is 1.79 bits per heavy atom. The molecule has 1 aromatic carbocycles. The van der Waals surface area contributed by atoms with Crippen LogP contribution in [0.15, 0.2) is 41.6 Å². The third kappa shape index (κ3) is 5.24. The van der Waals surface area contributed by atoms with Crippen molar-refractivity contribution in [2.45, 2.75) is 30.2 Å². The molecule has 1 saturated heterocycles. The van der Waals surface area contributed by atoms with Crippen LogP contribution >= 0.6 is 11.6 Å². The van der Waals surface area contributed by atoms with Crippen LogP contribution in [0.4, 0.5) is 13.2 Å². The second-order valence-corrected chi connectivity index (χ2v) is 8.32. The predicted octanol–water partition coefficient (Wildman–Crippen LogP) is 3.26. The zero-order valence-corrected chi connectivity index (χ0v) is 15.8. The highest BCUT2D eigenvalue weighted by atomic mass is 35.5. The van der Waals surface area contributed by atoms with Gasteiger partial charge in [0.1, 0.15) is 11.9 Å². The van der Waals surface area contributed by atoms with Gasteiger partial charge in [-0.05, 0) is 37.1 Å². The molecule has 1 unspecified atom stereocenters. The summed E-state index contributed by atoms with van der Waals surface area (Å²) in [5.41, 5.74) is 0. The average molecular weight is 438 g/mol. The molecule has 0 saturated carbocycles. The lowest BCUT2D eigenvalue weighted by atomic mass is 10.1. The Hall–Kier alpha value is -2.11. The van der Waals surface area contributed by atoms with Gasteiger partial charge in [0.05, 0.1) is 28.9 Å². The minimum absolute atomic E-state index is 0.0646. The maximum atomic E-state index is 12.8. The third-order valence-corrected chi connectivity index (χ3v) is 5.98. The third-order valence-electron chi connectivity index (χ3n) is 3.90. The van der Waals surface area contributed by atoms with E-state index in [0.717, 1.165) is 24.3 Å². The summed E-state index contributed by atoms with van der Waals surface area (Å²) in [5.74, 6) is -0.494. The van der Waals surface area contributed by atoms with Crippen LogP contribution in [0.5, 0.6) is 11.8 Å². The summed E-state index contributed by atoms with van der Waals surface area (Å²) in [5, 5.41) is 0.346. The summed E-state index contributed by atoms with van der Waals surface area (Å²) in [6.45, 7) is 0.333. The van der Waals surface area contributed by atoms with Crippen molar-refractivity contribution in [1.29, 1.82) is 0 Å². The zero-order valence-electron chi connectivity index (χ0n) is 14.3. The molecule has 12 heteroatoms. The molecule has 0 N–H and O–H groups in total. The first-order valence-electron chi connectivity index (χ1n) is 8.14. The van der Waals surface area contributed by atoms with E-state index in [9.17, 15) is 21.6 Å². The standard InChI is InChI=1S/C16H15ClF3N3O4S/c17-11-8-21-15(22-9-11)26-13-2-1-7-23(10-13)28(24,25)14-5-3-12(4-6-14)27-16(18,19)20/h3-6,8-9,13H,1-2,7,10H2. The number of alkyl halides is 3. The molecule has 0 spiro atoms. The van der Waals surface area contributed by atoms with E-state index in [0.29, 0.717) is 17.9 Å². The van der Waals surface area contributed by atoms with Crippen LogP contribution < -0.4 is 9.47 Å². The molecule has 1 fully saturated rings. The van der Waals surface area contributed by atoms with Gasteiger partial charge in [-0.2, -0.15) is 4.31 Å². The molecule has 7 nitrogen and oxygen atoms in total. The topological polar surface area (TPSA) is 81.6 Å². The number of benzene rings is 1. The number of sulfonamides is 1. The first-order valence-corrected chi connectivity index (χ1v) is 9.95. The SMILES string of the molecule is O=S(=O)(c1ccc(OC(F)(F)F)cc1)N1CCCC(Oc2ncc(Cl)cn2)C1. The van der Waals surface area contributed by atoms with Gasteiger partial charge >= 0.3 is 12.4 Å². The Balaban J connectivity index is 1.69. The first kappa shape index (κ1) is 20.6. The molecule has 1 aliphatic rings. The minimum Gasteiger partial charge on any atom is -0.459 e. The normalized spacial score (nSPS) is 18.6. The molecule has 0 bridgehead atoms. The lowest BCUT2D eigenvalue weighted by Crippen LogP contribution is -2.44. The van der Waals surface area contributed by atoms with Gasteiger partial charge in [0, 0.05) is 6.54 Å². The second kappa shape index (κ2) is 8.10. The van der Waals surface area contributed by atoms with E-state index in [-0.39, 0.29) is 24.0 Å². The van der Waals surface area contributed by atoms with Crippen LogP contribution in [-0.2, 0) is 10.0 Å². The molecule has 28 heavy (non-hydrogen) atoms. The van der Waals surface area contributed by atoms with E-state index in [1.165, 1.54) is 16.7 Å². The Morgan fingerprint density at radius 3 is 2.39 bits per heavy atom. The fraction of sp³-hybridized carbons (Fsp3) is 0.375. The molecule has 152 valence electrons. The monoisotopic (exact) mass is 437 g/mol. The largest absolute Gasteiger partial charge is 0.573 e. The number of rotatable bonds is 5. The van der Waals surface area contributed by atoms with Crippen LogP contribution in [0.3, 0.4) is 0 Å². The second-order valence-electron chi connectivity index (χ2n) is 5.95. The predicted molar refractivity (Wildman–Crippen MR) is 92.6 cm³/mol. The molecule has 3 rings (SSSR count). The fourth-order valence-corrected chi connectivity index (χ4v) is 4.30. The van der Waals surface area contributed by atoms with Crippen LogP contribution in [0.25, 0.3) is 0 Å². The fourth-order valence-electron chi connectivity index (χ4n) is 2.69. The summed E-state index contributed by atoms with van der Waals surface area (Å²) in [4.78, 5) is 7.70. The first-order chi connectivity index (χ1) is 13.1. The van der Waals surface area contributed by atoms with Gasteiger partial charge in [0.2, 0.25) is 10.0 Å². The van der Waals surface area contributed by atoms with Crippen molar-refractivity contribution in [2.75, 3.05) is 13.1 Å². The van der Waals surface area contributed by atoms with Crippen LogP contribution in [-0.4, -0.2) is 48.2 Å². The Morgan fingerprint density at radius 1 is 1.14 bits per heavy atom. The lowest BCUT2D eigenvalue weighted by Gasteiger charge is -2.31. The number of aromatic nitrogens is 2. The highest BCUT2D eigenvalue weighted by Crippen LogP contribution is 2.27. The number of halogens is 4. The molecule has 0 amide bonds. The number of hydrogen-bond donors (Lipinski definition) is 0. The quantitative estimate of drug-likeness (QED) is 0.714.